The number of nitrogen functional groups attached to an aromatic ring is 2. The minimum absolute atomic E-state index is 0.746. The number of thiophene rings is 1. The van der Waals surface area contributed by atoms with Gasteiger partial charge in [-0.1, -0.05) is 72.8 Å². The van der Waals surface area contributed by atoms with Gasteiger partial charge in [0.2, 0.25) is 0 Å². The van der Waals surface area contributed by atoms with Gasteiger partial charge in [-0.3, -0.25) is 0 Å². The molecule has 8 rings (SSSR count). The van der Waals surface area contributed by atoms with Crippen molar-refractivity contribution >= 4 is 65.5 Å². The highest BCUT2D eigenvalue weighted by molar-refractivity contribution is 7.23. The third-order valence-electron chi connectivity index (χ3n) is 7.71. The van der Waals surface area contributed by atoms with Gasteiger partial charge in [0, 0.05) is 37.6 Å². The van der Waals surface area contributed by atoms with Crippen molar-refractivity contribution in [2.45, 2.75) is 0 Å². The van der Waals surface area contributed by atoms with Crippen LogP contribution >= 0.6 is 11.3 Å². The Kier molecular flexibility index (Phi) is 4.66. The second kappa shape index (κ2) is 8.25. The van der Waals surface area contributed by atoms with Crippen LogP contribution in [0.25, 0.3) is 64.7 Å². The smallest absolute Gasteiger partial charge is 0.0894 e. The number of fused-ring (bicyclic) bond motifs is 5. The Labute approximate surface area is 228 Å². The Balaban J connectivity index is 1.36. The van der Waals surface area contributed by atoms with Crippen molar-refractivity contribution in [1.82, 2.24) is 9.13 Å². The molecule has 4 nitrogen and oxygen atoms in total. The maximum Gasteiger partial charge on any atom is 0.0894 e. The average molecular weight is 521 g/mol. The molecule has 0 radical (unpaired) electrons. The Morgan fingerprint density at radius 2 is 0.897 bits per heavy atom. The fourth-order valence-corrected chi connectivity index (χ4v) is 7.12. The van der Waals surface area contributed by atoms with Crippen LogP contribution in [0.2, 0.25) is 0 Å². The van der Waals surface area contributed by atoms with Gasteiger partial charge in [-0.25, -0.2) is 0 Å². The summed E-state index contributed by atoms with van der Waals surface area (Å²) >= 11 is 1.69. The third kappa shape index (κ3) is 3.11. The summed E-state index contributed by atoms with van der Waals surface area (Å²) in [7, 11) is 0. The Hall–Kier alpha value is -5.00. The summed E-state index contributed by atoms with van der Waals surface area (Å²) in [4.78, 5) is 0.997. The van der Waals surface area contributed by atoms with Crippen molar-refractivity contribution in [2.75, 3.05) is 11.5 Å². The maximum absolute atomic E-state index is 6.86. The summed E-state index contributed by atoms with van der Waals surface area (Å²) in [6.45, 7) is 0. The normalized spacial score (nSPS) is 11.8. The largest absolute Gasteiger partial charge is 0.397 e. The second-order valence-corrected chi connectivity index (χ2v) is 10.9. The van der Waals surface area contributed by atoms with Crippen LogP contribution in [0.5, 0.6) is 0 Å². The van der Waals surface area contributed by atoms with Crippen LogP contribution in [-0.2, 0) is 0 Å². The lowest BCUT2D eigenvalue weighted by atomic mass is 10.1. The van der Waals surface area contributed by atoms with Gasteiger partial charge in [-0.05, 0) is 48.5 Å². The highest BCUT2D eigenvalue weighted by Crippen LogP contribution is 2.47. The van der Waals surface area contributed by atoms with Gasteiger partial charge in [0.05, 0.1) is 38.5 Å². The van der Waals surface area contributed by atoms with E-state index in [4.69, 9.17) is 11.5 Å². The number of hydrogen-bond donors (Lipinski definition) is 2. The first kappa shape index (κ1) is 22.0. The molecule has 0 unspecified atom stereocenters. The predicted molar refractivity (Wildman–Crippen MR) is 167 cm³/mol. The van der Waals surface area contributed by atoms with Gasteiger partial charge < -0.3 is 20.6 Å². The van der Waals surface area contributed by atoms with E-state index in [0.29, 0.717) is 0 Å². The molecule has 0 spiro atoms. The van der Waals surface area contributed by atoms with Crippen molar-refractivity contribution in [2.24, 2.45) is 0 Å². The van der Waals surface area contributed by atoms with Crippen LogP contribution in [0.15, 0.2) is 121 Å². The fourth-order valence-electron chi connectivity index (χ4n) is 5.95. The molecule has 39 heavy (non-hydrogen) atoms. The maximum atomic E-state index is 6.86. The van der Waals surface area contributed by atoms with E-state index in [9.17, 15) is 0 Å². The molecule has 0 saturated carbocycles. The molecule has 5 aromatic carbocycles. The SMILES string of the molecule is Nc1c(-c2c(N)c3ccccc3n2-c2ccc(-n3c4ccccc4c4ccccc43)cc2)sc2ccccc12. The molecule has 0 atom stereocenters. The predicted octanol–water partition coefficient (Wildman–Crippen LogP) is 8.77. The zero-order valence-corrected chi connectivity index (χ0v) is 21.8. The minimum atomic E-state index is 0.746. The number of benzene rings is 5. The summed E-state index contributed by atoms with van der Waals surface area (Å²) in [6.07, 6.45) is 0. The Morgan fingerprint density at radius 1 is 0.436 bits per heavy atom. The summed E-state index contributed by atoms with van der Waals surface area (Å²) in [5.74, 6) is 0. The molecule has 0 amide bonds. The number of anilines is 2. The van der Waals surface area contributed by atoms with Gasteiger partial charge in [-0.2, -0.15) is 0 Å². The molecular weight excluding hydrogens is 496 g/mol. The summed E-state index contributed by atoms with van der Waals surface area (Å²) in [5, 5.41) is 4.60. The molecule has 0 saturated heterocycles. The molecule has 3 heterocycles. The summed E-state index contributed by atoms with van der Waals surface area (Å²) in [6, 6.07) is 42.5. The molecule has 0 aliphatic carbocycles. The molecule has 4 N–H and O–H groups in total. The molecule has 0 aliphatic heterocycles. The van der Waals surface area contributed by atoms with Crippen molar-refractivity contribution < 1.29 is 0 Å². The number of nitrogens with zero attached hydrogens (tertiary/aromatic N) is 2. The lowest BCUT2D eigenvalue weighted by Crippen LogP contribution is -2.00. The first-order chi connectivity index (χ1) is 19.2. The Bertz CT molecular complexity index is 2140. The van der Waals surface area contributed by atoms with Gasteiger partial charge in [-0.15, -0.1) is 11.3 Å². The van der Waals surface area contributed by atoms with Crippen molar-refractivity contribution in [3.05, 3.63) is 121 Å². The van der Waals surface area contributed by atoms with Crippen molar-refractivity contribution in [1.29, 1.82) is 0 Å². The van der Waals surface area contributed by atoms with Crippen molar-refractivity contribution in [3.8, 4) is 21.9 Å². The van der Waals surface area contributed by atoms with Crippen LogP contribution in [0, 0.1) is 0 Å². The molecule has 0 aliphatic rings. The number of rotatable bonds is 3. The van der Waals surface area contributed by atoms with Crippen LogP contribution in [-0.4, -0.2) is 9.13 Å². The molecule has 0 bridgehead atoms. The molecule has 0 fully saturated rings. The van der Waals surface area contributed by atoms with Gasteiger partial charge in [0.1, 0.15) is 0 Å². The lowest BCUT2D eigenvalue weighted by Gasteiger charge is -2.13. The first-order valence-corrected chi connectivity index (χ1v) is 13.8. The van der Waals surface area contributed by atoms with Crippen molar-refractivity contribution in [3.63, 3.8) is 0 Å². The van der Waals surface area contributed by atoms with E-state index in [1.807, 2.05) is 18.2 Å². The summed E-state index contributed by atoms with van der Waals surface area (Å²) < 4.78 is 5.74. The van der Waals surface area contributed by atoms with Gasteiger partial charge in [0.15, 0.2) is 0 Å². The van der Waals surface area contributed by atoms with Crippen LogP contribution < -0.4 is 11.5 Å². The van der Waals surface area contributed by atoms with E-state index in [1.54, 1.807) is 11.3 Å². The zero-order valence-electron chi connectivity index (χ0n) is 21.0. The number of hydrogen-bond acceptors (Lipinski definition) is 3. The quantitative estimate of drug-likeness (QED) is 0.245. The number of para-hydroxylation sites is 3. The van der Waals surface area contributed by atoms with E-state index >= 15 is 0 Å². The van der Waals surface area contributed by atoms with E-state index in [0.717, 1.165) is 54.3 Å². The van der Waals surface area contributed by atoms with E-state index in [-0.39, 0.29) is 0 Å². The topological polar surface area (TPSA) is 61.9 Å². The molecule has 3 aromatic heterocycles. The fraction of sp³-hybridized carbons (Fsp3) is 0. The second-order valence-electron chi connectivity index (χ2n) is 9.84. The lowest BCUT2D eigenvalue weighted by molar-refractivity contribution is 1.12. The average Bonchev–Trinajstić information content (AvgIpc) is 3.60. The van der Waals surface area contributed by atoms with Crippen LogP contribution in [0.1, 0.15) is 0 Å². The highest BCUT2D eigenvalue weighted by Gasteiger charge is 2.22. The first-order valence-electron chi connectivity index (χ1n) is 13.0. The summed E-state index contributed by atoms with van der Waals surface area (Å²) in [5.41, 5.74) is 21.7. The van der Waals surface area contributed by atoms with Gasteiger partial charge in [0.25, 0.3) is 0 Å². The number of nitrogens with two attached hydrogens (primary N) is 2. The molecule has 8 aromatic rings. The third-order valence-corrected chi connectivity index (χ3v) is 8.90. The van der Waals surface area contributed by atoms with Crippen LogP contribution in [0.4, 0.5) is 11.4 Å². The molecule has 5 heteroatoms. The zero-order chi connectivity index (χ0) is 26.1. The minimum Gasteiger partial charge on any atom is -0.397 e. The van der Waals surface area contributed by atoms with E-state index in [1.165, 1.54) is 21.8 Å². The Morgan fingerprint density at radius 3 is 1.49 bits per heavy atom. The highest BCUT2D eigenvalue weighted by atomic mass is 32.1. The number of aromatic nitrogens is 2. The molecule has 186 valence electrons. The molecular formula is C34H24N4S. The van der Waals surface area contributed by atoms with E-state index in [2.05, 4.69) is 112 Å². The van der Waals surface area contributed by atoms with Crippen LogP contribution in [0.3, 0.4) is 0 Å². The van der Waals surface area contributed by atoms with E-state index < -0.39 is 0 Å². The standard InChI is InChI=1S/C34H24N4S/c35-31-25-11-3-7-15-29(25)38(33(31)34-32(36)26-12-4-8-16-30(26)39-34)22-19-17-21(18-20-22)37-27-13-5-1-9-23(27)24-10-2-6-14-28(24)37/h1-20H,35-36H2. The monoisotopic (exact) mass is 520 g/mol. The van der Waals surface area contributed by atoms with Gasteiger partial charge >= 0.3 is 0 Å².